The van der Waals surface area contributed by atoms with Crippen molar-refractivity contribution in [3.05, 3.63) is 53.6 Å². The van der Waals surface area contributed by atoms with Crippen LogP contribution in [0.4, 0.5) is 0 Å². The molecule has 1 aromatic heterocycles. The minimum atomic E-state index is 0.475. The van der Waals surface area contributed by atoms with Crippen molar-refractivity contribution >= 4 is 0 Å². The Morgan fingerprint density at radius 1 is 1.29 bits per heavy atom. The SMILES string of the molecule is CCCn1ccnc1CC(CCc1ccccc1C)NC. The van der Waals surface area contributed by atoms with Crippen LogP contribution < -0.4 is 5.32 Å². The van der Waals surface area contributed by atoms with E-state index in [0.29, 0.717) is 6.04 Å². The van der Waals surface area contributed by atoms with Gasteiger partial charge in [-0.3, -0.25) is 0 Å². The Hall–Kier alpha value is -1.61. The maximum absolute atomic E-state index is 4.52. The molecule has 0 saturated heterocycles. The highest BCUT2D eigenvalue weighted by atomic mass is 15.1. The van der Waals surface area contributed by atoms with Crippen LogP contribution in [0.15, 0.2) is 36.7 Å². The Kier molecular flexibility index (Phi) is 6.00. The summed E-state index contributed by atoms with van der Waals surface area (Å²) >= 11 is 0. The zero-order chi connectivity index (χ0) is 15.1. The fourth-order valence-electron chi connectivity index (χ4n) is 2.76. The van der Waals surface area contributed by atoms with Gasteiger partial charge in [-0.25, -0.2) is 4.98 Å². The molecule has 0 aliphatic carbocycles. The van der Waals surface area contributed by atoms with Crippen LogP contribution in [0.3, 0.4) is 0 Å². The molecule has 1 N–H and O–H groups in total. The van der Waals surface area contributed by atoms with E-state index in [1.54, 1.807) is 0 Å². The molecule has 1 heterocycles. The van der Waals surface area contributed by atoms with E-state index in [0.717, 1.165) is 32.2 Å². The molecular formula is C18H27N3. The Morgan fingerprint density at radius 3 is 2.81 bits per heavy atom. The Morgan fingerprint density at radius 2 is 2.10 bits per heavy atom. The van der Waals surface area contributed by atoms with E-state index in [-0.39, 0.29) is 0 Å². The first-order chi connectivity index (χ1) is 10.2. The second kappa shape index (κ2) is 7.99. The smallest absolute Gasteiger partial charge is 0.110 e. The highest BCUT2D eigenvalue weighted by Gasteiger charge is 2.12. The number of aryl methyl sites for hydroxylation is 3. The lowest BCUT2D eigenvalue weighted by atomic mass is 9.99. The molecular weight excluding hydrogens is 258 g/mol. The van der Waals surface area contributed by atoms with Crippen molar-refractivity contribution in [1.82, 2.24) is 14.9 Å². The van der Waals surface area contributed by atoms with Gasteiger partial charge in [0.05, 0.1) is 0 Å². The molecule has 1 unspecified atom stereocenters. The van der Waals surface area contributed by atoms with Gasteiger partial charge in [0, 0.05) is 31.4 Å². The van der Waals surface area contributed by atoms with Crippen LogP contribution in [0.1, 0.15) is 36.7 Å². The number of imidazole rings is 1. The van der Waals surface area contributed by atoms with Crippen LogP contribution in [0.2, 0.25) is 0 Å². The molecule has 21 heavy (non-hydrogen) atoms. The van der Waals surface area contributed by atoms with Gasteiger partial charge in [-0.05, 0) is 44.4 Å². The number of nitrogens with zero attached hydrogens (tertiary/aromatic N) is 2. The summed E-state index contributed by atoms with van der Waals surface area (Å²) in [7, 11) is 2.05. The van der Waals surface area contributed by atoms with Crippen molar-refractivity contribution in [2.24, 2.45) is 0 Å². The third-order valence-electron chi connectivity index (χ3n) is 4.13. The molecule has 3 heteroatoms. The van der Waals surface area contributed by atoms with Gasteiger partial charge in [-0.2, -0.15) is 0 Å². The summed E-state index contributed by atoms with van der Waals surface area (Å²) in [6, 6.07) is 9.14. The Bertz CT molecular complexity index is 545. The number of aromatic nitrogens is 2. The molecule has 1 aromatic carbocycles. The number of hydrogen-bond acceptors (Lipinski definition) is 2. The molecule has 0 aliphatic rings. The number of benzene rings is 1. The first-order valence-electron chi connectivity index (χ1n) is 7.96. The molecule has 0 spiro atoms. The van der Waals surface area contributed by atoms with Crippen molar-refractivity contribution in [2.45, 2.75) is 52.1 Å². The Labute approximate surface area is 128 Å². The molecule has 0 aliphatic heterocycles. The average Bonchev–Trinajstić information content (AvgIpc) is 2.92. The average molecular weight is 285 g/mol. The highest BCUT2D eigenvalue weighted by Crippen LogP contribution is 2.13. The minimum absolute atomic E-state index is 0.475. The second-order valence-electron chi connectivity index (χ2n) is 5.69. The van der Waals surface area contributed by atoms with Gasteiger partial charge < -0.3 is 9.88 Å². The fourth-order valence-corrected chi connectivity index (χ4v) is 2.76. The molecule has 0 saturated carbocycles. The zero-order valence-electron chi connectivity index (χ0n) is 13.5. The van der Waals surface area contributed by atoms with Crippen LogP contribution >= 0.6 is 0 Å². The summed E-state index contributed by atoms with van der Waals surface area (Å²) in [5.41, 5.74) is 2.84. The largest absolute Gasteiger partial charge is 0.335 e. The lowest BCUT2D eigenvalue weighted by Crippen LogP contribution is -2.29. The molecule has 0 radical (unpaired) electrons. The maximum Gasteiger partial charge on any atom is 0.110 e. The summed E-state index contributed by atoms with van der Waals surface area (Å²) in [5.74, 6) is 1.20. The first kappa shape index (κ1) is 15.8. The van der Waals surface area contributed by atoms with Crippen molar-refractivity contribution in [3.63, 3.8) is 0 Å². The maximum atomic E-state index is 4.52. The predicted octanol–water partition coefficient (Wildman–Crippen LogP) is 3.36. The molecule has 1 atom stereocenters. The lowest BCUT2D eigenvalue weighted by Gasteiger charge is -2.17. The quantitative estimate of drug-likeness (QED) is 0.806. The monoisotopic (exact) mass is 285 g/mol. The van der Waals surface area contributed by atoms with Gasteiger partial charge in [-0.1, -0.05) is 31.2 Å². The molecule has 0 bridgehead atoms. The van der Waals surface area contributed by atoms with Gasteiger partial charge in [-0.15, -0.1) is 0 Å². The highest BCUT2D eigenvalue weighted by molar-refractivity contribution is 5.25. The summed E-state index contributed by atoms with van der Waals surface area (Å²) in [6.07, 6.45) is 8.41. The number of hydrogen-bond donors (Lipinski definition) is 1. The van der Waals surface area contributed by atoms with Crippen LogP contribution in [-0.4, -0.2) is 22.6 Å². The van der Waals surface area contributed by atoms with Gasteiger partial charge in [0.1, 0.15) is 5.82 Å². The van der Waals surface area contributed by atoms with Crippen molar-refractivity contribution in [2.75, 3.05) is 7.05 Å². The third-order valence-corrected chi connectivity index (χ3v) is 4.13. The first-order valence-corrected chi connectivity index (χ1v) is 7.96. The normalized spacial score (nSPS) is 12.5. The standard InChI is InChI=1S/C18H27N3/c1-4-12-21-13-11-20-18(21)14-17(19-3)10-9-16-8-6-5-7-15(16)2/h5-8,11,13,17,19H,4,9-10,12,14H2,1-3H3. The van der Waals surface area contributed by atoms with E-state index in [9.17, 15) is 0 Å². The summed E-state index contributed by atoms with van der Waals surface area (Å²) < 4.78 is 2.28. The fraction of sp³-hybridized carbons (Fsp3) is 0.500. The summed E-state index contributed by atoms with van der Waals surface area (Å²) in [4.78, 5) is 4.52. The van der Waals surface area contributed by atoms with Crippen LogP contribution in [0.5, 0.6) is 0 Å². The number of likely N-dealkylation sites (N-methyl/N-ethyl adjacent to an activating group) is 1. The Balaban J connectivity index is 1.94. The molecule has 0 fully saturated rings. The van der Waals surface area contributed by atoms with E-state index in [1.807, 2.05) is 6.20 Å². The number of nitrogens with one attached hydrogen (secondary N) is 1. The zero-order valence-corrected chi connectivity index (χ0v) is 13.5. The van der Waals surface area contributed by atoms with Gasteiger partial charge >= 0.3 is 0 Å². The summed E-state index contributed by atoms with van der Waals surface area (Å²) in [5, 5.41) is 3.45. The van der Waals surface area contributed by atoms with Crippen LogP contribution in [-0.2, 0) is 19.4 Å². The van der Waals surface area contributed by atoms with E-state index in [2.05, 4.69) is 66.2 Å². The summed E-state index contributed by atoms with van der Waals surface area (Å²) in [6.45, 7) is 5.46. The second-order valence-corrected chi connectivity index (χ2v) is 5.69. The van der Waals surface area contributed by atoms with E-state index in [1.165, 1.54) is 17.0 Å². The minimum Gasteiger partial charge on any atom is -0.335 e. The molecule has 2 aromatic rings. The number of rotatable bonds is 8. The van der Waals surface area contributed by atoms with Crippen molar-refractivity contribution in [1.29, 1.82) is 0 Å². The predicted molar refractivity (Wildman–Crippen MR) is 88.6 cm³/mol. The van der Waals surface area contributed by atoms with Gasteiger partial charge in [0.25, 0.3) is 0 Å². The molecule has 114 valence electrons. The molecule has 2 rings (SSSR count). The van der Waals surface area contributed by atoms with Crippen LogP contribution in [0, 0.1) is 6.92 Å². The van der Waals surface area contributed by atoms with Gasteiger partial charge in [0.2, 0.25) is 0 Å². The topological polar surface area (TPSA) is 29.9 Å². The van der Waals surface area contributed by atoms with E-state index in [4.69, 9.17) is 0 Å². The molecule has 0 amide bonds. The third kappa shape index (κ3) is 4.43. The van der Waals surface area contributed by atoms with E-state index >= 15 is 0 Å². The molecule has 3 nitrogen and oxygen atoms in total. The van der Waals surface area contributed by atoms with Crippen molar-refractivity contribution in [3.8, 4) is 0 Å². The van der Waals surface area contributed by atoms with Gasteiger partial charge in [0.15, 0.2) is 0 Å². The lowest BCUT2D eigenvalue weighted by molar-refractivity contribution is 0.493. The van der Waals surface area contributed by atoms with E-state index < -0.39 is 0 Å². The van der Waals surface area contributed by atoms with Crippen molar-refractivity contribution < 1.29 is 0 Å². The van der Waals surface area contributed by atoms with Crippen LogP contribution in [0.25, 0.3) is 0 Å².